The number of nitrogens with two attached hydrogens (primary N) is 1. The number of nitrogens with one attached hydrogen (secondary N) is 1. The van der Waals surface area contributed by atoms with Crippen LogP contribution in [0.2, 0.25) is 0 Å². The monoisotopic (exact) mass is 239 g/mol. The number of rotatable bonds is 6. The molecule has 1 heterocycles. The fourth-order valence-corrected chi connectivity index (χ4v) is 1.89. The van der Waals surface area contributed by atoms with Crippen molar-refractivity contribution in [2.75, 3.05) is 16.8 Å². The lowest BCUT2D eigenvalue weighted by molar-refractivity contribution is 0.1000. The third-order valence-corrected chi connectivity index (χ3v) is 3.16. The van der Waals surface area contributed by atoms with Gasteiger partial charge in [0.1, 0.15) is 5.82 Å². The van der Waals surface area contributed by atoms with Crippen LogP contribution in [0.3, 0.4) is 0 Å². The van der Waals surface area contributed by atoms with Gasteiger partial charge in [0.25, 0.3) is 0 Å². The Bertz CT molecular complexity index is 340. The fraction of sp³-hybridized carbons (Fsp3) is 0.455. The molecule has 1 aromatic rings. The van der Waals surface area contributed by atoms with E-state index >= 15 is 0 Å². The van der Waals surface area contributed by atoms with Crippen LogP contribution in [0.25, 0.3) is 0 Å². The summed E-state index contributed by atoms with van der Waals surface area (Å²) in [6, 6.07) is 3.81. The first-order valence-electron chi connectivity index (χ1n) is 5.23. The zero-order valence-electron chi connectivity index (χ0n) is 9.56. The molecule has 1 unspecified atom stereocenters. The lowest BCUT2D eigenvalue weighted by atomic mass is 10.2. The summed E-state index contributed by atoms with van der Waals surface area (Å²) < 4.78 is 0. The molecule has 0 aliphatic carbocycles. The summed E-state index contributed by atoms with van der Waals surface area (Å²) in [5.41, 5.74) is 5.56. The second-order valence-corrected chi connectivity index (χ2v) is 4.82. The Labute approximate surface area is 100 Å². The van der Waals surface area contributed by atoms with Crippen molar-refractivity contribution in [3.63, 3.8) is 0 Å². The van der Waals surface area contributed by atoms with E-state index in [0.29, 0.717) is 11.6 Å². The molecule has 0 saturated carbocycles. The summed E-state index contributed by atoms with van der Waals surface area (Å²) >= 11 is 1.88. The third-order valence-electron chi connectivity index (χ3n) is 2.01. The number of thioether (sulfide) groups is 1. The largest absolute Gasteiger partial charge is 0.367 e. The van der Waals surface area contributed by atoms with E-state index < -0.39 is 5.91 Å². The molecule has 0 fully saturated rings. The Morgan fingerprint density at radius 3 is 2.88 bits per heavy atom. The molecule has 0 spiro atoms. The van der Waals surface area contributed by atoms with Gasteiger partial charge in [-0.2, -0.15) is 11.8 Å². The van der Waals surface area contributed by atoms with E-state index in [1.807, 2.05) is 11.8 Å². The first-order valence-corrected chi connectivity index (χ1v) is 6.39. The molecular weight excluding hydrogens is 222 g/mol. The molecule has 4 nitrogen and oxygen atoms in total. The second kappa shape index (κ2) is 6.37. The van der Waals surface area contributed by atoms with Crippen LogP contribution in [0.5, 0.6) is 0 Å². The first-order chi connectivity index (χ1) is 7.63. The number of anilines is 1. The van der Waals surface area contributed by atoms with Crippen molar-refractivity contribution in [1.29, 1.82) is 0 Å². The molecule has 1 rings (SSSR count). The highest BCUT2D eigenvalue weighted by Crippen LogP contribution is 2.09. The van der Waals surface area contributed by atoms with Gasteiger partial charge in [-0.15, -0.1) is 0 Å². The zero-order valence-corrected chi connectivity index (χ0v) is 10.4. The standard InChI is InChI=1S/C11H17N3OS/c1-3-16-7-8(2)14-10-5-4-9(6-13-10)11(12)15/h4-6,8H,3,7H2,1-2H3,(H2,12,15)(H,13,14). The lowest BCUT2D eigenvalue weighted by Gasteiger charge is -2.13. The van der Waals surface area contributed by atoms with Gasteiger partial charge in [-0.1, -0.05) is 6.92 Å². The molecule has 88 valence electrons. The highest BCUT2D eigenvalue weighted by Gasteiger charge is 2.04. The van der Waals surface area contributed by atoms with Gasteiger partial charge in [-0.25, -0.2) is 4.98 Å². The van der Waals surface area contributed by atoms with Crippen molar-refractivity contribution in [3.05, 3.63) is 23.9 Å². The minimum absolute atomic E-state index is 0.358. The average molecular weight is 239 g/mol. The molecule has 0 radical (unpaired) electrons. The number of hydrogen-bond acceptors (Lipinski definition) is 4. The second-order valence-electron chi connectivity index (χ2n) is 3.50. The van der Waals surface area contributed by atoms with Gasteiger partial charge in [0, 0.05) is 18.0 Å². The summed E-state index contributed by atoms with van der Waals surface area (Å²) in [6.07, 6.45) is 1.49. The summed E-state index contributed by atoms with van der Waals surface area (Å²) in [7, 11) is 0. The molecule has 0 aliphatic heterocycles. The van der Waals surface area contributed by atoms with Gasteiger partial charge in [0.2, 0.25) is 5.91 Å². The summed E-state index contributed by atoms with van der Waals surface area (Å²) in [5, 5.41) is 3.26. The molecule has 1 amide bonds. The average Bonchev–Trinajstić information content (AvgIpc) is 2.27. The number of carbonyl (C=O) groups is 1. The highest BCUT2D eigenvalue weighted by molar-refractivity contribution is 7.99. The maximum absolute atomic E-state index is 10.8. The van der Waals surface area contributed by atoms with E-state index in [9.17, 15) is 4.79 Å². The van der Waals surface area contributed by atoms with E-state index in [1.54, 1.807) is 12.1 Å². The molecule has 1 aromatic heterocycles. The Balaban J connectivity index is 2.51. The van der Waals surface area contributed by atoms with Gasteiger partial charge >= 0.3 is 0 Å². The molecule has 0 bridgehead atoms. The maximum Gasteiger partial charge on any atom is 0.250 e. The minimum Gasteiger partial charge on any atom is -0.367 e. The Hall–Kier alpha value is -1.23. The van der Waals surface area contributed by atoms with Crippen molar-refractivity contribution in [3.8, 4) is 0 Å². The number of pyridine rings is 1. The smallest absolute Gasteiger partial charge is 0.250 e. The van der Waals surface area contributed by atoms with Crippen LogP contribution in [0.1, 0.15) is 24.2 Å². The molecule has 16 heavy (non-hydrogen) atoms. The number of aromatic nitrogens is 1. The van der Waals surface area contributed by atoms with Crippen molar-refractivity contribution >= 4 is 23.5 Å². The first kappa shape index (κ1) is 12.8. The zero-order chi connectivity index (χ0) is 12.0. The van der Waals surface area contributed by atoms with Crippen LogP contribution in [0.4, 0.5) is 5.82 Å². The minimum atomic E-state index is -0.450. The predicted octanol–water partition coefficient (Wildman–Crippen LogP) is 1.73. The van der Waals surface area contributed by atoms with Gasteiger partial charge in [-0.05, 0) is 24.8 Å². The maximum atomic E-state index is 10.8. The van der Waals surface area contributed by atoms with E-state index in [0.717, 1.165) is 17.3 Å². The Kier molecular flexibility index (Phi) is 5.11. The van der Waals surface area contributed by atoms with Crippen LogP contribution in [0.15, 0.2) is 18.3 Å². The van der Waals surface area contributed by atoms with Crippen LogP contribution >= 0.6 is 11.8 Å². The van der Waals surface area contributed by atoms with E-state index in [1.165, 1.54) is 6.20 Å². The molecule has 3 N–H and O–H groups in total. The van der Waals surface area contributed by atoms with Gasteiger partial charge < -0.3 is 11.1 Å². The van der Waals surface area contributed by atoms with Crippen LogP contribution < -0.4 is 11.1 Å². The quantitative estimate of drug-likeness (QED) is 0.793. The van der Waals surface area contributed by atoms with Crippen molar-refractivity contribution in [2.45, 2.75) is 19.9 Å². The van der Waals surface area contributed by atoms with E-state index in [2.05, 4.69) is 24.1 Å². The SMILES string of the molecule is CCSCC(C)Nc1ccc(C(N)=O)cn1. The van der Waals surface area contributed by atoms with Gasteiger partial charge in [-0.3, -0.25) is 4.79 Å². The third kappa shape index (κ3) is 4.10. The van der Waals surface area contributed by atoms with E-state index in [4.69, 9.17) is 5.73 Å². The predicted molar refractivity (Wildman–Crippen MR) is 68.8 cm³/mol. The van der Waals surface area contributed by atoms with Crippen LogP contribution in [-0.4, -0.2) is 28.4 Å². The van der Waals surface area contributed by atoms with Crippen molar-refractivity contribution in [2.24, 2.45) is 5.73 Å². The summed E-state index contributed by atoms with van der Waals surface area (Å²) in [6.45, 7) is 4.24. The number of amides is 1. The van der Waals surface area contributed by atoms with Crippen LogP contribution in [-0.2, 0) is 0 Å². The highest BCUT2D eigenvalue weighted by atomic mass is 32.2. The molecule has 5 heteroatoms. The topological polar surface area (TPSA) is 68.0 Å². The Morgan fingerprint density at radius 2 is 2.38 bits per heavy atom. The van der Waals surface area contributed by atoms with Gasteiger partial charge in [0.15, 0.2) is 0 Å². The molecule has 0 aliphatic rings. The van der Waals surface area contributed by atoms with E-state index in [-0.39, 0.29) is 0 Å². The number of nitrogens with zero attached hydrogens (tertiary/aromatic N) is 1. The molecular formula is C11H17N3OS. The van der Waals surface area contributed by atoms with Gasteiger partial charge in [0.05, 0.1) is 5.56 Å². The Morgan fingerprint density at radius 1 is 1.62 bits per heavy atom. The number of primary amides is 1. The fourth-order valence-electron chi connectivity index (χ4n) is 1.21. The molecule has 1 atom stereocenters. The van der Waals surface area contributed by atoms with Crippen molar-refractivity contribution < 1.29 is 4.79 Å². The summed E-state index contributed by atoms with van der Waals surface area (Å²) in [4.78, 5) is 15.0. The number of hydrogen-bond donors (Lipinski definition) is 2. The van der Waals surface area contributed by atoms with Crippen LogP contribution in [0, 0.1) is 0 Å². The lowest BCUT2D eigenvalue weighted by Crippen LogP contribution is -2.19. The normalized spacial score (nSPS) is 12.1. The van der Waals surface area contributed by atoms with Crippen molar-refractivity contribution in [1.82, 2.24) is 4.98 Å². The number of carbonyl (C=O) groups excluding carboxylic acids is 1. The molecule has 0 saturated heterocycles. The molecule has 0 aromatic carbocycles. The summed E-state index contributed by atoms with van der Waals surface area (Å²) in [5.74, 6) is 2.47.